The van der Waals surface area contributed by atoms with E-state index in [1.165, 1.54) is 26.3 Å². The van der Waals surface area contributed by atoms with E-state index in [-0.39, 0.29) is 22.9 Å². The van der Waals surface area contributed by atoms with Gasteiger partial charge in [-0.05, 0) is 76.2 Å². The van der Waals surface area contributed by atoms with E-state index < -0.39 is 0 Å². The summed E-state index contributed by atoms with van der Waals surface area (Å²) in [6.45, 7) is 15.0. The van der Waals surface area contributed by atoms with Crippen molar-refractivity contribution < 1.29 is 4.79 Å². The van der Waals surface area contributed by atoms with Crippen LogP contribution in [0.25, 0.3) is 11.0 Å². The summed E-state index contributed by atoms with van der Waals surface area (Å²) < 4.78 is 1.67. The summed E-state index contributed by atoms with van der Waals surface area (Å²) in [5.74, 6) is 1.59. The van der Waals surface area contributed by atoms with Gasteiger partial charge in [0.15, 0.2) is 5.78 Å². The summed E-state index contributed by atoms with van der Waals surface area (Å²) in [5.41, 5.74) is 2.21. The average Bonchev–Trinajstić information content (AvgIpc) is 2.96. The predicted molar refractivity (Wildman–Crippen MR) is 160 cm³/mol. The van der Waals surface area contributed by atoms with Gasteiger partial charge >= 0.3 is 0 Å². The average molecular weight is 547 g/mol. The minimum atomic E-state index is -0.283. The van der Waals surface area contributed by atoms with Crippen molar-refractivity contribution in [1.82, 2.24) is 29.7 Å². The van der Waals surface area contributed by atoms with E-state index in [0.717, 1.165) is 63.7 Å². The summed E-state index contributed by atoms with van der Waals surface area (Å²) in [6, 6.07) is 3.97. The first kappa shape index (κ1) is 28.2. The molecule has 0 amide bonds. The maximum atomic E-state index is 13.4. The van der Waals surface area contributed by atoms with Crippen molar-refractivity contribution in [3.8, 4) is 0 Å². The molecule has 0 radical (unpaired) electrons. The van der Waals surface area contributed by atoms with Crippen LogP contribution >= 0.6 is 0 Å². The number of aryl methyl sites for hydroxylation is 1. The lowest BCUT2D eigenvalue weighted by atomic mass is 9.97. The number of aromatic nitrogens is 4. The minimum absolute atomic E-state index is 0.0611. The highest BCUT2D eigenvalue weighted by Crippen LogP contribution is 2.26. The molecule has 5 rings (SSSR count). The molecule has 214 valence electrons. The zero-order valence-electron chi connectivity index (χ0n) is 24.2. The van der Waals surface area contributed by atoms with Gasteiger partial charge in [-0.25, -0.2) is 9.97 Å². The molecule has 2 aliphatic rings. The number of piperazine rings is 1. The van der Waals surface area contributed by atoms with Gasteiger partial charge in [0.1, 0.15) is 11.5 Å². The summed E-state index contributed by atoms with van der Waals surface area (Å²) in [7, 11) is 0. The molecule has 0 aromatic carbocycles. The molecule has 0 bridgehead atoms. The Kier molecular flexibility index (Phi) is 8.75. The smallest absolute Gasteiger partial charge is 0.263 e. The Balaban J connectivity index is 1.31. The number of nitrogens with zero attached hydrogens (tertiary/aromatic N) is 6. The number of nitrogens with one attached hydrogen (secondary N) is 2. The molecule has 5 heterocycles. The van der Waals surface area contributed by atoms with E-state index >= 15 is 0 Å². The van der Waals surface area contributed by atoms with Gasteiger partial charge in [-0.1, -0.05) is 13.8 Å². The van der Waals surface area contributed by atoms with Crippen molar-refractivity contribution in [3.05, 3.63) is 46.0 Å². The monoisotopic (exact) mass is 546 g/mol. The number of hydrogen-bond acceptors (Lipinski definition) is 9. The van der Waals surface area contributed by atoms with Gasteiger partial charge in [0.05, 0.1) is 17.4 Å². The van der Waals surface area contributed by atoms with Crippen molar-refractivity contribution in [3.63, 3.8) is 0 Å². The zero-order valence-corrected chi connectivity index (χ0v) is 24.2. The Bertz CT molecular complexity index is 1390. The molecule has 10 heteroatoms. The molecule has 0 unspecified atom stereocenters. The number of hydrogen-bond donors (Lipinski definition) is 2. The fourth-order valence-corrected chi connectivity index (χ4v) is 6.18. The molecule has 2 fully saturated rings. The van der Waals surface area contributed by atoms with E-state index in [4.69, 9.17) is 4.98 Å². The number of Topliss-reactive ketones (excluding diaryl/α,β-unsaturated/α-hetero) is 1. The minimum Gasteiger partial charge on any atom is -0.368 e. The Morgan fingerprint density at radius 2 is 1.80 bits per heavy atom. The van der Waals surface area contributed by atoms with Gasteiger partial charge in [0, 0.05) is 50.3 Å². The van der Waals surface area contributed by atoms with Crippen LogP contribution < -0.4 is 21.1 Å². The maximum absolute atomic E-state index is 13.4. The van der Waals surface area contributed by atoms with Crippen LogP contribution in [0.5, 0.6) is 0 Å². The van der Waals surface area contributed by atoms with Gasteiger partial charge in [0.2, 0.25) is 5.95 Å². The third-order valence-electron chi connectivity index (χ3n) is 8.57. The van der Waals surface area contributed by atoms with Gasteiger partial charge in [-0.3, -0.25) is 19.1 Å². The van der Waals surface area contributed by atoms with Crippen LogP contribution in [-0.2, 0) is 0 Å². The third-order valence-corrected chi connectivity index (χ3v) is 8.57. The Morgan fingerprint density at radius 1 is 1.07 bits per heavy atom. The summed E-state index contributed by atoms with van der Waals surface area (Å²) in [4.78, 5) is 44.7. The van der Waals surface area contributed by atoms with Crippen LogP contribution in [0.2, 0.25) is 0 Å². The lowest BCUT2D eigenvalue weighted by molar-refractivity contribution is 0.101. The molecule has 0 atom stereocenters. The van der Waals surface area contributed by atoms with Crippen molar-refractivity contribution in [2.24, 2.45) is 5.92 Å². The standard InChI is InChI=1S/C30H42N8O2/c1-5-23(6-2)38-28-25(20(3)27(21(4)39)29(38)40)18-33-30(35-28)34-26-8-7-24(17-32-26)37-15-13-36(14-16-37)19-22-9-11-31-12-10-22/h7-8,17-18,22-23,31H,5-6,9-16,19H2,1-4H3,(H,32,33,34,35). The summed E-state index contributed by atoms with van der Waals surface area (Å²) in [6.07, 6.45) is 7.68. The number of ketones is 1. The Hall–Kier alpha value is -3.37. The number of pyridine rings is 2. The Labute approximate surface area is 236 Å². The summed E-state index contributed by atoms with van der Waals surface area (Å²) >= 11 is 0. The second-order valence-electron chi connectivity index (χ2n) is 11.1. The molecule has 0 spiro atoms. The molecule has 2 aliphatic heterocycles. The molecule has 40 heavy (non-hydrogen) atoms. The van der Waals surface area contributed by atoms with E-state index in [9.17, 15) is 9.59 Å². The zero-order chi connectivity index (χ0) is 28.2. The molecule has 2 saturated heterocycles. The van der Waals surface area contributed by atoms with Gasteiger partial charge in [-0.15, -0.1) is 0 Å². The van der Waals surface area contributed by atoms with Crippen LogP contribution in [0.15, 0.2) is 29.3 Å². The van der Waals surface area contributed by atoms with Crippen molar-refractivity contribution in [2.75, 3.05) is 56.0 Å². The highest BCUT2D eigenvalue weighted by Gasteiger charge is 2.23. The molecule has 0 aliphatic carbocycles. The molecule has 3 aromatic heterocycles. The fraction of sp³-hybridized carbons (Fsp3) is 0.567. The number of carbonyl (C=O) groups excluding carboxylic acids is 1. The third kappa shape index (κ3) is 5.88. The number of fused-ring (bicyclic) bond motifs is 1. The number of anilines is 3. The molecular weight excluding hydrogens is 504 g/mol. The molecule has 10 nitrogen and oxygen atoms in total. The lowest BCUT2D eigenvalue weighted by Gasteiger charge is -2.38. The lowest BCUT2D eigenvalue weighted by Crippen LogP contribution is -2.48. The number of carbonyl (C=O) groups is 1. The predicted octanol–water partition coefficient (Wildman–Crippen LogP) is 3.92. The van der Waals surface area contributed by atoms with Crippen LogP contribution in [0, 0.1) is 12.8 Å². The second kappa shape index (κ2) is 12.4. The SMILES string of the molecule is CCC(CC)n1c(=O)c(C(C)=O)c(C)c2cnc(Nc3ccc(N4CCN(CC5CCNCC5)CC4)cn3)nc21. The first-order valence-corrected chi connectivity index (χ1v) is 14.7. The largest absolute Gasteiger partial charge is 0.368 e. The van der Waals surface area contributed by atoms with Crippen molar-refractivity contribution in [2.45, 2.75) is 59.4 Å². The number of piperidine rings is 1. The first-order valence-electron chi connectivity index (χ1n) is 14.7. The van der Waals surface area contributed by atoms with Crippen LogP contribution in [0.4, 0.5) is 17.5 Å². The van der Waals surface area contributed by atoms with Gasteiger partial charge < -0.3 is 15.5 Å². The van der Waals surface area contributed by atoms with Crippen molar-refractivity contribution in [1.29, 1.82) is 0 Å². The maximum Gasteiger partial charge on any atom is 0.263 e. The first-order chi connectivity index (χ1) is 19.4. The molecular formula is C30H42N8O2. The number of rotatable bonds is 9. The normalized spacial score (nSPS) is 17.1. The van der Waals surface area contributed by atoms with Gasteiger partial charge in [-0.2, -0.15) is 4.98 Å². The van der Waals surface area contributed by atoms with E-state index in [2.05, 4.69) is 36.5 Å². The van der Waals surface area contributed by atoms with Crippen LogP contribution in [-0.4, -0.2) is 76.0 Å². The van der Waals surface area contributed by atoms with Crippen LogP contribution in [0.3, 0.4) is 0 Å². The van der Waals surface area contributed by atoms with Crippen LogP contribution in [0.1, 0.15) is 68.4 Å². The highest BCUT2D eigenvalue weighted by molar-refractivity contribution is 5.99. The highest BCUT2D eigenvalue weighted by atomic mass is 16.1. The topological polar surface area (TPSA) is 108 Å². The van der Waals surface area contributed by atoms with E-state index in [1.807, 2.05) is 26.1 Å². The van der Waals surface area contributed by atoms with E-state index in [1.54, 1.807) is 17.7 Å². The summed E-state index contributed by atoms with van der Waals surface area (Å²) in [5, 5.41) is 7.38. The van der Waals surface area contributed by atoms with Gasteiger partial charge in [0.25, 0.3) is 5.56 Å². The molecule has 2 N–H and O–H groups in total. The van der Waals surface area contributed by atoms with E-state index in [0.29, 0.717) is 28.4 Å². The van der Waals surface area contributed by atoms with Crippen molar-refractivity contribution >= 4 is 34.3 Å². The second-order valence-corrected chi connectivity index (χ2v) is 11.1. The molecule has 0 saturated carbocycles. The quantitative estimate of drug-likeness (QED) is 0.386. The molecule has 3 aromatic rings. The fourth-order valence-electron chi connectivity index (χ4n) is 6.18. The Morgan fingerprint density at radius 3 is 2.42 bits per heavy atom.